The first-order valence-corrected chi connectivity index (χ1v) is 11.4. The number of halogens is 3. The summed E-state index contributed by atoms with van der Waals surface area (Å²) in [6.45, 7) is 4.37. The number of nitrogens with one attached hydrogen (secondary N) is 1. The first-order chi connectivity index (χ1) is 13.8. The van der Waals surface area contributed by atoms with Crippen LogP contribution in [0.5, 0.6) is 0 Å². The molecule has 2 rings (SSSR count). The van der Waals surface area contributed by atoms with Gasteiger partial charge in [-0.1, -0.05) is 53.0 Å². The van der Waals surface area contributed by atoms with Crippen molar-refractivity contribution in [2.24, 2.45) is 0 Å². The van der Waals surface area contributed by atoms with Crippen LogP contribution in [0.2, 0.25) is 15.1 Å². The highest BCUT2D eigenvalue weighted by molar-refractivity contribution is 7.99. The van der Waals surface area contributed by atoms with Crippen molar-refractivity contribution in [2.45, 2.75) is 32.2 Å². The van der Waals surface area contributed by atoms with Gasteiger partial charge < -0.3 is 10.2 Å². The number of amides is 2. The maximum atomic E-state index is 13.0. The molecule has 0 aliphatic carbocycles. The van der Waals surface area contributed by atoms with Crippen molar-refractivity contribution in [3.63, 3.8) is 0 Å². The van der Waals surface area contributed by atoms with Crippen LogP contribution >= 0.6 is 46.6 Å². The van der Waals surface area contributed by atoms with Gasteiger partial charge in [-0.25, -0.2) is 0 Å². The maximum Gasteiger partial charge on any atom is 0.242 e. The van der Waals surface area contributed by atoms with Crippen molar-refractivity contribution in [1.29, 1.82) is 0 Å². The molecule has 0 aliphatic heterocycles. The number of benzene rings is 2. The fourth-order valence-corrected chi connectivity index (χ4v) is 4.59. The molecule has 2 aromatic carbocycles. The van der Waals surface area contributed by atoms with E-state index in [9.17, 15) is 9.59 Å². The molecule has 1 N–H and O–H groups in total. The lowest BCUT2D eigenvalue weighted by Crippen LogP contribution is -2.48. The molecule has 4 nitrogen and oxygen atoms in total. The summed E-state index contributed by atoms with van der Waals surface area (Å²) in [5.74, 6) is 0.371. The number of carbonyl (C=O) groups is 2. The molecule has 0 aromatic heterocycles. The van der Waals surface area contributed by atoms with Crippen LogP contribution in [0.4, 0.5) is 0 Å². The van der Waals surface area contributed by atoms with E-state index < -0.39 is 6.04 Å². The average molecular weight is 474 g/mol. The average Bonchev–Trinajstić information content (AvgIpc) is 2.68. The Bertz CT molecular complexity index is 843. The lowest BCUT2D eigenvalue weighted by Gasteiger charge is -2.28. The van der Waals surface area contributed by atoms with Crippen LogP contribution in [-0.2, 0) is 21.9 Å². The Kier molecular flexibility index (Phi) is 9.63. The molecule has 0 aliphatic rings. The van der Waals surface area contributed by atoms with Gasteiger partial charge in [0.1, 0.15) is 6.04 Å². The third-order valence-electron chi connectivity index (χ3n) is 4.29. The van der Waals surface area contributed by atoms with Gasteiger partial charge in [-0.2, -0.15) is 0 Å². The number of hydrogen-bond acceptors (Lipinski definition) is 3. The van der Waals surface area contributed by atoms with Gasteiger partial charge in [0.25, 0.3) is 0 Å². The Morgan fingerprint density at radius 3 is 2.38 bits per heavy atom. The minimum Gasteiger partial charge on any atom is -0.355 e. The zero-order valence-corrected chi connectivity index (χ0v) is 19.3. The molecule has 8 heteroatoms. The SMILES string of the molecule is CCNC(=O)[C@@H](C)N(Cc1cccc(Cl)c1)C(=O)CSCc1c(Cl)cccc1Cl. The van der Waals surface area contributed by atoms with Gasteiger partial charge >= 0.3 is 0 Å². The molecule has 0 unspecified atom stereocenters. The maximum absolute atomic E-state index is 13.0. The minimum absolute atomic E-state index is 0.142. The predicted molar refractivity (Wildman–Crippen MR) is 123 cm³/mol. The summed E-state index contributed by atoms with van der Waals surface area (Å²) in [4.78, 5) is 26.9. The van der Waals surface area contributed by atoms with Crippen LogP contribution in [-0.4, -0.2) is 35.1 Å². The summed E-state index contributed by atoms with van der Waals surface area (Å²) >= 11 is 19.9. The molecule has 29 heavy (non-hydrogen) atoms. The van der Waals surface area contributed by atoms with Crippen molar-refractivity contribution >= 4 is 58.4 Å². The molecular weight excluding hydrogens is 451 g/mol. The smallest absolute Gasteiger partial charge is 0.242 e. The van der Waals surface area contributed by atoms with Crippen molar-refractivity contribution < 1.29 is 9.59 Å². The molecule has 2 aromatic rings. The van der Waals surface area contributed by atoms with E-state index in [1.54, 1.807) is 42.2 Å². The van der Waals surface area contributed by atoms with Gasteiger partial charge in [0.2, 0.25) is 11.8 Å². The predicted octanol–water partition coefficient (Wildman–Crippen LogP) is 5.43. The normalized spacial score (nSPS) is 11.8. The number of thioether (sulfide) groups is 1. The number of likely N-dealkylation sites (N-methyl/N-ethyl adjacent to an activating group) is 1. The molecule has 0 bridgehead atoms. The van der Waals surface area contributed by atoms with Crippen LogP contribution < -0.4 is 5.32 Å². The van der Waals surface area contributed by atoms with Crippen molar-refractivity contribution in [3.8, 4) is 0 Å². The van der Waals surface area contributed by atoms with Gasteiger partial charge in [0.15, 0.2) is 0 Å². The van der Waals surface area contributed by atoms with E-state index in [4.69, 9.17) is 34.8 Å². The van der Waals surface area contributed by atoms with Crippen LogP contribution in [0, 0.1) is 0 Å². The number of carbonyl (C=O) groups excluding carboxylic acids is 2. The molecule has 1 atom stereocenters. The van der Waals surface area contributed by atoms with Gasteiger partial charge in [-0.15, -0.1) is 11.8 Å². The van der Waals surface area contributed by atoms with E-state index in [0.717, 1.165) is 11.1 Å². The fraction of sp³-hybridized carbons (Fsp3) is 0.333. The second-order valence-corrected chi connectivity index (χ2v) is 8.65. The summed E-state index contributed by atoms with van der Waals surface area (Å²) < 4.78 is 0. The Morgan fingerprint density at radius 2 is 1.76 bits per heavy atom. The fourth-order valence-electron chi connectivity index (χ4n) is 2.73. The van der Waals surface area contributed by atoms with Crippen LogP contribution in [0.15, 0.2) is 42.5 Å². The second-order valence-electron chi connectivity index (χ2n) is 6.42. The van der Waals surface area contributed by atoms with E-state index in [2.05, 4.69) is 5.32 Å². The monoisotopic (exact) mass is 472 g/mol. The Balaban J connectivity index is 2.10. The third-order valence-corrected chi connectivity index (χ3v) is 6.18. The van der Waals surface area contributed by atoms with E-state index in [-0.39, 0.29) is 17.6 Å². The lowest BCUT2D eigenvalue weighted by atomic mass is 10.1. The number of rotatable bonds is 9. The zero-order chi connectivity index (χ0) is 21.4. The van der Waals surface area contributed by atoms with E-state index >= 15 is 0 Å². The third kappa shape index (κ3) is 7.10. The van der Waals surface area contributed by atoms with Gasteiger partial charge in [-0.3, -0.25) is 9.59 Å². The molecular formula is C21H23Cl3N2O2S. The van der Waals surface area contributed by atoms with E-state index in [1.807, 2.05) is 19.1 Å². The largest absolute Gasteiger partial charge is 0.355 e. The van der Waals surface area contributed by atoms with Gasteiger partial charge in [0.05, 0.1) is 5.75 Å². The molecule has 0 spiro atoms. The second kappa shape index (κ2) is 11.7. The topological polar surface area (TPSA) is 49.4 Å². The highest BCUT2D eigenvalue weighted by atomic mass is 35.5. The van der Waals surface area contributed by atoms with Crippen LogP contribution in [0.3, 0.4) is 0 Å². The lowest BCUT2D eigenvalue weighted by molar-refractivity contribution is -0.138. The highest BCUT2D eigenvalue weighted by Crippen LogP contribution is 2.28. The number of nitrogens with zero attached hydrogens (tertiary/aromatic N) is 1. The van der Waals surface area contributed by atoms with Gasteiger partial charge in [0, 0.05) is 33.9 Å². The Morgan fingerprint density at radius 1 is 1.10 bits per heavy atom. The van der Waals surface area contributed by atoms with Gasteiger partial charge in [-0.05, 0) is 49.2 Å². The minimum atomic E-state index is -0.606. The van der Waals surface area contributed by atoms with Crippen LogP contribution in [0.25, 0.3) is 0 Å². The van der Waals surface area contributed by atoms with E-state index in [1.165, 1.54) is 11.8 Å². The Labute approximate surface area is 190 Å². The highest BCUT2D eigenvalue weighted by Gasteiger charge is 2.25. The molecule has 0 heterocycles. The molecule has 0 saturated carbocycles. The quantitative estimate of drug-likeness (QED) is 0.528. The summed E-state index contributed by atoms with van der Waals surface area (Å²) in [7, 11) is 0. The van der Waals surface area contributed by atoms with E-state index in [0.29, 0.717) is 33.9 Å². The molecule has 0 saturated heterocycles. The number of hydrogen-bond donors (Lipinski definition) is 1. The molecule has 0 fully saturated rings. The summed E-state index contributed by atoms with van der Waals surface area (Å²) in [6, 6.07) is 12.0. The molecule has 156 valence electrons. The first-order valence-electron chi connectivity index (χ1n) is 9.15. The Hall–Kier alpha value is -1.40. The van der Waals surface area contributed by atoms with Crippen molar-refractivity contribution in [1.82, 2.24) is 10.2 Å². The van der Waals surface area contributed by atoms with Crippen LogP contribution in [0.1, 0.15) is 25.0 Å². The molecule has 0 radical (unpaired) electrons. The summed E-state index contributed by atoms with van der Waals surface area (Å²) in [5, 5.41) is 4.51. The van der Waals surface area contributed by atoms with Crippen molar-refractivity contribution in [2.75, 3.05) is 12.3 Å². The standard InChI is InChI=1S/C21H23Cl3N2O2S/c1-3-25-21(28)14(2)26(11-15-6-4-7-16(22)10-15)20(27)13-29-12-17-18(23)8-5-9-19(17)24/h4-10,14H,3,11-13H2,1-2H3,(H,25,28)/t14-/m1/s1. The first kappa shape index (κ1) is 23.9. The zero-order valence-electron chi connectivity index (χ0n) is 16.3. The summed E-state index contributed by atoms with van der Waals surface area (Å²) in [6.07, 6.45) is 0. The summed E-state index contributed by atoms with van der Waals surface area (Å²) in [5.41, 5.74) is 1.66. The van der Waals surface area contributed by atoms with Crippen molar-refractivity contribution in [3.05, 3.63) is 68.7 Å². The molecule has 2 amide bonds.